The van der Waals surface area contributed by atoms with Crippen LogP contribution < -0.4 is 16.4 Å². The zero-order valence-electron chi connectivity index (χ0n) is 7.47. The molecule has 80 valence electrons. The Labute approximate surface area is 89.9 Å². The molecule has 1 aromatic carbocycles. The molecule has 0 aromatic heterocycles. The Morgan fingerprint density at radius 1 is 1.53 bits per heavy atom. The number of nitrogens with two attached hydrogens (primary N) is 1. The van der Waals surface area contributed by atoms with Crippen molar-refractivity contribution in [2.75, 3.05) is 5.32 Å². The van der Waals surface area contributed by atoms with Crippen LogP contribution in [0.25, 0.3) is 0 Å². The standard InChI is InChI=1S/C8H8ClFN4O/c9-5-3-4(10)1-2-6(5)13-8(15)14-7(11)12/h1-3H,(H5,11,12,13,14,15). The van der Waals surface area contributed by atoms with Crippen molar-refractivity contribution in [3.8, 4) is 0 Å². The molecule has 5 nitrogen and oxygen atoms in total. The van der Waals surface area contributed by atoms with Crippen molar-refractivity contribution in [3.05, 3.63) is 29.0 Å². The van der Waals surface area contributed by atoms with Gasteiger partial charge >= 0.3 is 6.03 Å². The van der Waals surface area contributed by atoms with Gasteiger partial charge in [0, 0.05) is 0 Å². The first-order chi connectivity index (χ1) is 6.99. The van der Waals surface area contributed by atoms with Gasteiger partial charge in [0.2, 0.25) is 0 Å². The fourth-order valence-corrected chi connectivity index (χ4v) is 1.08. The first-order valence-electron chi connectivity index (χ1n) is 3.86. The molecule has 0 saturated carbocycles. The molecule has 0 bridgehead atoms. The summed E-state index contributed by atoms with van der Waals surface area (Å²) < 4.78 is 12.6. The van der Waals surface area contributed by atoms with Gasteiger partial charge in [-0.3, -0.25) is 10.7 Å². The fraction of sp³-hybridized carbons (Fsp3) is 0. The van der Waals surface area contributed by atoms with Crippen molar-refractivity contribution in [1.82, 2.24) is 5.32 Å². The molecular formula is C8H8ClFN4O. The highest BCUT2D eigenvalue weighted by atomic mass is 35.5. The quantitative estimate of drug-likeness (QED) is 0.435. The van der Waals surface area contributed by atoms with Gasteiger partial charge in [-0.25, -0.2) is 9.18 Å². The maximum absolute atomic E-state index is 12.6. The molecule has 1 rings (SSSR count). The summed E-state index contributed by atoms with van der Waals surface area (Å²) in [5.41, 5.74) is 5.16. The largest absolute Gasteiger partial charge is 0.370 e. The van der Waals surface area contributed by atoms with Crippen LogP contribution in [0.5, 0.6) is 0 Å². The lowest BCUT2D eigenvalue weighted by atomic mass is 10.3. The molecule has 15 heavy (non-hydrogen) atoms. The van der Waals surface area contributed by atoms with Crippen LogP contribution in [0, 0.1) is 11.2 Å². The van der Waals surface area contributed by atoms with Crippen LogP contribution in [0.15, 0.2) is 18.2 Å². The van der Waals surface area contributed by atoms with Gasteiger partial charge in [-0.05, 0) is 18.2 Å². The molecule has 0 heterocycles. The highest BCUT2D eigenvalue weighted by Gasteiger charge is 2.06. The third kappa shape index (κ3) is 3.43. The van der Waals surface area contributed by atoms with Crippen LogP contribution in [0.2, 0.25) is 5.02 Å². The number of benzene rings is 1. The van der Waals surface area contributed by atoms with Crippen LogP contribution in [0.3, 0.4) is 0 Å². The van der Waals surface area contributed by atoms with Crippen molar-refractivity contribution in [2.45, 2.75) is 0 Å². The Hall–Kier alpha value is -1.82. The number of carbonyl (C=O) groups excluding carboxylic acids is 1. The number of nitrogens with one attached hydrogen (secondary N) is 3. The molecule has 0 aliphatic carbocycles. The zero-order valence-corrected chi connectivity index (χ0v) is 8.23. The summed E-state index contributed by atoms with van der Waals surface area (Å²) in [7, 11) is 0. The van der Waals surface area contributed by atoms with Gasteiger partial charge < -0.3 is 11.1 Å². The Kier molecular flexibility index (Phi) is 3.46. The minimum absolute atomic E-state index is 0.0636. The van der Waals surface area contributed by atoms with Gasteiger partial charge in [0.1, 0.15) is 5.82 Å². The monoisotopic (exact) mass is 230 g/mol. The molecule has 0 aliphatic heterocycles. The molecule has 0 saturated heterocycles. The molecule has 0 atom stereocenters. The van der Waals surface area contributed by atoms with Gasteiger partial charge in [-0.2, -0.15) is 0 Å². The summed E-state index contributed by atoms with van der Waals surface area (Å²) in [5, 5.41) is 11.1. The van der Waals surface area contributed by atoms with E-state index in [2.05, 4.69) is 5.32 Å². The maximum Gasteiger partial charge on any atom is 0.326 e. The molecule has 2 amide bonds. The van der Waals surface area contributed by atoms with Crippen molar-refractivity contribution < 1.29 is 9.18 Å². The average Bonchev–Trinajstić information content (AvgIpc) is 2.08. The van der Waals surface area contributed by atoms with Gasteiger partial charge in [0.15, 0.2) is 5.96 Å². The molecular weight excluding hydrogens is 223 g/mol. The number of urea groups is 1. The van der Waals surface area contributed by atoms with Gasteiger partial charge in [-0.15, -0.1) is 0 Å². The summed E-state index contributed by atoms with van der Waals surface area (Å²) in [6.45, 7) is 0. The van der Waals surface area contributed by atoms with Gasteiger partial charge in [0.25, 0.3) is 0 Å². The highest BCUT2D eigenvalue weighted by Crippen LogP contribution is 2.21. The van der Waals surface area contributed by atoms with E-state index in [4.69, 9.17) is 22.7 Å². The fourth-order valence-electron chi connectivity index (χ4n) is 0.867. The lowest BCUT2D eigenvalue weighted by Gasteiger charge is -2.07. The Morgan fingerprint density at radius 3 is 2.73 bits per heavy atom. The van der Waals surface area contributed by atoms with E-state index < -0.39 is 17.8 Å². The minimum atomic E-state index is -0.712. The number of anilines is 1. The second-order valence-electron chi connectivity index (χ2n) is 2.62. The number of hydrogen-bond acceptors (Lipinski definition) is 2. The molecule has 7 heteroatoms. The van der Waals surface area contributed by atoms with Gasteiger partial charge in [-0.1, -0.05) is 11.6 Å². The summed E-state index contributed by atoms with van der Waals surface area (Å²) in [5.74, 6) is -0.997. The normalized spacial score (nSPS) is 9.47. The summed E-state index contributed by atoms with van der Waals surface area (Å²) >= 11 is 5.64. The molecule has 0 radical (unpaired) electrons. The van der Waals surface area contributed by atoms with E-state index in [9.17, 15) is 9.18 Å². The number of carbonyl (C=O) groups is 1. The van der Waals surface area contributed by atoms with Crippen molar-refractivity contribution in [1.29, 1.82) is 5.41 Å². The average molecular weight is 231 g/mol. The first-order valence-corrected chi connectivity index (χ1v) is 4.24. The summed E-state index contributed by atoms with van der Waals surface area (Å²) in [4.78, 5) is 11.1. The molecule has 0 spiro atoms. The predicted octanol–water partition coefficient (Wildman–Crippen LogP) is 1.49. The Morgan fingerprint density at radius 2 is 2.20 bits per heavy atom. The summed E-state index contributed by atoms with van der Waals surface area (Å²) in [6, 6.07) is 2.80. The maximum atomic E-state index is 12.6. The topological polar surface area (TPSA) is 91.0 Å². The Balaban J connectivity index is 2.72. The molecule has 0 aliphatic rings. The van der Waals surface area contributed by atoms with Crippen LogP contribution in [0.4, 0.5) is 14.9 Å². The van der Waals surface area contributed by atoms with E-state index in [0.29, 0.717) is 0 Å². The first kappa shape index (κ1) is 11.3. The number of rotatable bonds is 1. The van der Waals surface area contributed by atoms with Crippen LogP contribution >= 0.6 is 11.6 Å². The van der Waals surface area contributed by atoms with E-state index in [0.717, 1.165) is 12.1 Å². The molecule has 0 fully saturated rings. The second kappa shape index (κ2) is 4.61. The minimum Gasteiger partial charge on any atom is -0.370 e. The third-order valence-electron chi connectivity index (χ3n) is 1.43. The van der Waals surface area contributed by atoms with E-state index >= 15 is 0 Å². The van der Waals surface area contributed by atoms with Crippen molar-refractivity contribution in [3.63, 3.8) is 0 Å². The smallest absolute Gasteiger partial charge is 0.326 e. The highest BCUT2D eigenvalue weighted by molar-refractivity contribution is 6.33. The summed E-state index contributed by atoms with van der Waals surface area (Å²) in [6.07, 6.45) is 0. The van der Waals surface area contributed by atoms with Gasteiger partial charge in [0.05, 0.1) is 10.7 Å². The van der Waals surface area contributed by atoms with Crippen molar-refractivity contribution >= 4 is 29.3 Å². The Bertz CT molecular complexity index is 410. The predicted molar refractivity (Wildman–Crippen MR) is 55.5 cm³/mol. The second-order valence-corrected chi connectivity index (χ2v) is 3.02. The van der Waals surface area contributed by atoms with Crippen LogP contribution in [-0.2, 0) is 0 Å². The van der Waals surface area contributed by atoms with E-state index in [1.165, 1.54) is 6.07 Å². The molecule has 0 unspecified atom stereocenters. The van der Waals surface area contributed by atoms with Crippen LogP contribution in [-0.4, -0.2) is 12.0 Å². The lowest BCUT2D eigenvalue weighted by Crippen LogP contribution is -2.38. The molecule has 5 N–H and O–H groups in total. The van der Waals surface area contributed by atoms with Crippen molar-refractivity contribution in [2.24, 2.45) is 5.73 Å². The lowest BCUT2D eigenvalue weighted by molar-refractivity contribution is 0.256. The van der Waals surface area contributed by atoms with E-state index in [1.807, 2.05) is 5.32 Å². The number of halogens is 2. The number of hydrogen-bond donors (Lipinski definition) is 4. The molecule has 1 aromatic rings. The van der Waals surface area contributed by atoms with Crippen LogP contribution in [0.1, 0.15) is 0 Å². The third-order valence-corrected chi connectivity index (χ3v) is 1.74. The van der Waals surface area contributed by atoms with E-state index in [1.54, 1.807) is 0 Å². The number of amides is 2. The number of guanidine groups is 1. The van der Waals surface area contributed by atoms with E-state index in [-0.39, 0.29) is 10.7 Å². The zero-order chi connectivity index (χ0) is 11.4. The SMILES string of the molecule is N=C(N)NC(=O)Nc1ccc(F)cc1Cl.